The van der Waals surface area contributed by atoms with Crippen molar-refractivity contribution in [1.29, 1.82) is 0 Å². The molecule has 262 valence electrons. The summed E-state index contributed by atoms with van der Waals surface area (Å²) in [6.45, 7) is 0.618. The van der Waals surface area contributed by atoms with E-state index in [4.69, 9.17) is 0 Å². The average molecular weight is 715 g/mol. The summed E-state index contributed by atoms with van der Waals surface area (Å²) < 4.78 is 51.7. The van der Waals surface area contributed by atoms with Crippen LogP contribution in [0.4, 0.5) is 13.2 Å². The Balaban J connectivity index is 1.24. The average Bonchev–Trinajstić information content (AvgIpc) is 3.12. The molecular formula is C39H34F3N2O6P. The lowest BCUT2D eigenvalue weighted by molar-refractivity contribution is -0.137. The fraction of sp³-hybridized carbons (Fsp3) is 0.205. The number of alkyl halides is 3. The van der Waals surface area contributed by atoms with Crippen LogP contribution in [0.2, 0.25) is 0 Å². The molecule has 5 aromatic carbocycles. The van der Waals surface area contributed by atoms with E-state index in [0.29, 0.717) is 53.0 Å². The van der Waals surface area contributed by atoms with Crippen LogP contribution < -0.4 is 0 Å². The molecule has 1 aliphatic heterocycles. The lowest BCUT2D eigenvalue weighted by Gasteiger charge is -2.36. The first-order valence-electron chi connectivity index (χ1n) is 16.2. The summed E-state index contributed by atoms with van der Waals surface area (Å²) in [6, 6.07) is 26.3. The molecule has 5 aromatic rings. The van der Waals surface area contributed by atoms with Gasteiger partial charge >= 0.3 is 13.8 Å². The number of Topliss-reactive ketones (excluding diaryl/α,β-unsaturated/α-hetero) is 1. The largest absolute Gasteiger partial charge is 0.416 e. The van der Waals surface area contributed by atoms with Crippen molar-refractivity contribution in [3.05, 3.63) is 137 Å². The molecule has 1 heterocycles. The van der Waals surface area contributed by atoms with Gasteiger partial charge in [-0.1, -0.05) is 78.9 Å². The fourth-order valence-electron chi connectivity index (χ4n) is 6.62. The Kier molecular flexibility index (Phi) is 9.99. The van der Waals surface area contributed by atoms with Crippen LogP contribution >= 0.6 is 7.60 Å². The molecule has 1 unspecified atom stereocenters. The molecule has 0 aromatic heterocycles. The maximum atomic E-state index is 14.4. The Bertz CT molecular complexity index is 2200. The predicted octanol–water partition coefficient (Wildman–Crippen LogP) is 7.89. The summed E-state index contributed by atoms with van der Waals surface area (Å²) in [5.74, 6) is -1.69. The van der Waals surface area contributed by atoms with Gasteiger partial charge in [0, 0.05) is 37.8 Å². The van der Waals surface area contributed by atoms with Crippen LogP contribution in [-0.2, 0) is 15.5 Å². The Morgan fingerprint density at radius 2 is 1.39 bits per heavy atom. The first kappa shape index (κ1) is 35.7. The zero-order valence-corrected chi connectivity index (χ0v) is 28.4. The third-order valence-corrected chi connectivity index (χ3v) is 10.6. The molecular weight excluding hydrogens is 680 g/mol. The zero-order chi connectivity index (χ0) is 36.5. The van der Waals surface area contributed by atoms with Crippen LogP contribution in [0.1, 0.15) is 55.9 Å². The predicted molar refractivity (Wildman–Crippen MR) is 189 cm³/mol. The number of amides is 2. The van der Waals surface area contributed by atoms with Gasteiger partial charge in [0.1, 0.15) is 5.66 Å². The molecule has 2 amide bonds. The number of ketones is 1. The summed E-state index contributed by atoms with van der Waals surface area (Å²) in [7, 11) is -3.50. The molecule has 0 spiro atoms. The maximum Gasteiger partial charge on any atom is 0.416 e. The van der Waals surface area contributed by atoms with E-state index in [1.165, 1.54) is 41.3 Å². The number of benzene rings is 5. The number of halogens is 3. The van der Waals surface area contributed by atoms with E-state index < -0.39 is 36.7 Å². The molecule has 1 fully saturated rings. The summed E-state index contributed by atoms with van der Waals surface area (Å²) in [5.41, 5.74) is -2.12. The second-order valence-corrected chi connectivity index (χ2v) is 14.3. The van der Waals surface area contributed by atoms with Gasteiger partial charge in [-0.3, -0.25) is 18.9 Å². The Morgan fingerprint density at radius 1 is 0.824 bits per heavy atom. The maximum absolute atomic E-state index is 14.4. The van der Waals surface area contributed by atoms with Crippen molar-refractivity contribution in [3.8, 4) is 0 Å². The molecule has 0 radical (unpaired) electrons. The summed E-state index contributed by atoms with van der Waals surface area (Å²) >= 11 is 0. The van der Waals surface area contributed by atoms with Crippen molar-refractivity contribution in [2.75, 3.05) is 20.1 Å². The SMILES string of the molecule is CN(C(=O)c1cc2ccccc2cc1C(=O)C(c1cccc2ccccc12)P(=O)(O)O)C1CCN(C(=O)C=Cc2ccc(C(F)(F)F)cc2)CC1. The molecule has 51 heavy (non-hydrogen) atoms. The van der Waals surface area contributed by atoms with E-state index in [0.717, 1.165) is 12.1 Å². The van der Waals surface area contributed by atoms with Crippen molar-refractivity contribution in [2.24, 2.45) is 0 Å². The Labute approximate surface area is 292 Å². The monoisotopic (exact) mass is 714 g/mol. The van der Waals surface area contributed by atoms with Crippen LogP contribution in [0.5, 0.6) is 0 Å². The van der Waals surface area contributed by atoms with Crippen LogP contribution in [0, 0.1) is 0 Å². The second-order valence-electron chi connectivity index (χ2n) is 12.6. The minimum Gasteiger partial charge on any atom is -0.339 e. The van der Waals surface area contributed by atoms with Gasteiger partial charge in [-0.05, 0) is 75.9 Å². The van der Waals surface area contributed by atoms with Gasteiger partial charge in [0.15, 0.2) is 5.78 Å². The van der Waals surface area contributed by atoms with E-state index in [1.807, 2.05) is 0 Å². The first-order chi connectivity index (χ1) is 24.2. The van der Waals surface area contributed by atoms with Crippen LogP contribution in [0.25, 0.3) is 27.6 Å². The third-order valence-electron chi connectivity index (χ3n) is 9.38. The van der Waals surface area contributed by atoms with Gasteiger partial charge in [-0.15, -0.1) is 0 Å². The molecule has 0 saturated carbocycles. The highest BCUT2D eigenvalue weighted by Crippen LogP contribution is 2.55. The van der Waals surface area contributed by atoms with Crippen molar-refractivity contribution < 1.29 is 41.9 Å². The molecule has 1 saturated heterocycles. The zero-order valence-electron chi connectivity index (χ0n) is 27.5. The lowest BCUT2D eigenvalue weighted by atomic mass is 9.91. The van der Waals surface area contributed by atoms with Gasteiger partial charge < -0.3 is 19.6 Å². The molecule has 8 nitrogen and oxygen atoms in total. The van der Waals surface area contributed by atoms with E-state index in [9.17, 15) is 41.9 Å². The summed E-state index contributed by atoms with van der Waals surface area (Å²) in [5, 5.41) is 2.52. The van der Waals surface area contributed by atoms with Gasteiger partial charge in [-0.25, -0.2) is 0 Å². The number of nitrogens with zero attached hydrogens (tertiary/aromatic N) is 2. The van der Waals surface area contributed by atoms with Gasteiger partial charge in [-0.2, -0.15) is 13.2 Å². The number of carbonyl (C=O) groups is 3. The number of hydrogen-bond donors (Lipinski definition) is 2. The normalized spacial score (nSPS) is 15.0. The minimum absolute atomic E-state index is 0.0119. The summed E-state index contributed by atoms with van der Waals surface area (Å²) in [6.07, 6.45) is -0.866. The van der Waals surface area contributed by atoms with E-state index in [2.05, 4.69) is 0 Å². The fourth-order valence-corrected chi connectivity index (χ4v) is 7.65. The van der Waals surface area contributed by atoms with Gasteiger partial charge in [0.05, 0.1) is 11.1 Å². The highest BCUT2D eigenvalue weighted by atomic mass is 31.2. The quantitative estimate of drug-likeness (QED) is 0.0960. The van der Waals surface area contributed by atoms with Crippen LogP contribution in [0.3, 0.4) is 0 Å². The number of piperidine rings is 1. The van der Waals surface area contributed by atoms with Crippen molar-refractivity contribution >= 4 is 52.8 Å². The van der Waals surface area contributed by atoms with E-state index in [-0.39, 0.29) is 28.6 Å². The standard InChI is InChI=1S/C39H34F3N2O6P/c1-43(30-19-21-44(22-20-30)35(45)18-15-25-13-16-29(17-14-25)39(40,41)42)38(47)34-24-28-9-3-2-8-27(28)23-33(34)36(46)37(51(48,49)50)32-12-6-10-26-7-4-5-11-31(26)32/h2-18,23-24,30,37H,19-22H2,1H3,(H2,48,49,50). The van der Waals surface area contributed by atoms with E-state index >= 15 is 0 Å². The molecule has 0 bridgehead atoms. The highest BCUT2D eigenvalue weighted by Gasteiger charge is 2.41. The molecule has 1 aliphatic rings. The topological polar surface area (TPSA) is 115 Å². The number of fused-ring (bicyclic) bond motifs is 2. The third kappa shape index (κ3) is 7.66. The molecule has 12 heteroatoms. The van der Waals surface area contributed by atoms with Crippen molar-refractivity contribution in [2.45, 2.75) is 30.7 Å². The van der Waals surface area contributed by atoms with Crippen LogP contribution in [0.15, 0.2) is 109 Å². The lowest BCUT2D eigenvalue weighted by Crippen LogP contribution is -2.47. The summed E-state index contributed by atoms with van der Waals surface area (Å²) in [4.78, 5) is 65.8. The van der Waals surface area contributed by atoms with E-state index in [1.54, 1.807) is 78.7 Å². The first-order valence-corrected chi connectivity index (χ1v) is 17.9. The van der Waals surface area contributed by atoms with Crippen molar-refractivity contribution in [1.82, 2.24) is 9.80 Å². The number of hydrogen-bond acceptors (Lipinski definition) is 4. The number of likely N-dealkylation sites (tertiary alicyclic amines) is 1. The molecule has 6 rings (SSSR count). The smallest absolute Gasteiger partial charge is 0.339 e. The minimum atomic E-state index is -5.10. The molecule has 1 atom stereocenters. The molecule has 0 aliphatic carbocycles. The van der Waals surface area contributed by atoms with Gasteiger partial charge in [0.2, 0.25) is 5.91 Å². The van der Waals surface area contributed by atoms with Crippen molar-refractivity contribution in [3.63, 3.8) is 0 Å². The Hall–Kier alpha value is -5.09. The van der Waals surface area contributed by atoms with Gasteiger partial charge in [0.25, 0.3) is 5.91 Å². The second kappa shape index (κ2) is 14.3. The van der Waals surface area contributed by atoms with Crippen LogP contribution in [-0.4, -0.2) is 63.4 Å². The Morgan fingerprint density at radius 3 is 2.00 bits per heavy atom. The number of rotatable bonds is 8. The number of carbonyl (C=O) groups excluding carboxylic acids is 3. The molecule has 2 N–H and O–H groups in total. The highest BCUT2D eigenvalue weighted by molar-refractivity contribution is 7.53.